The summed E-state index contributed by atoms with van der Waals surface area (Å²) in [5, 5.41) is 4.57. The van der Waals surface area contributed by atoms with Gasteiger partial charge in [-0.3, -0.25) is 14.6 Å². The molecule has 1 aliphatic rings. The van der Waals surface area contributed by atoms with Gasteiger partial charge in [0.25, 0.3) is 5.91 Å². The SMILES string of the molecule is CC(=O)Oc1c2n(/c(=N\N)c3c(C)ccnc13)CCN(CCc1ccc(F)cc1)C2=O. The summed E-state index contributed by atoms with van der Waals surface area (Å²) >= 11 is 0. The number of rotatable bonds is 4. The molecule has 0 saturated carbocycles. The lowest BCUT2D eigenvalue weighted by Crippen LogP contribution is -2.46. The molecule has 0 aliphatic carbocycles. The highest BCUT2D eigenvalue weighted by molar-refractivity contribution is 6.02. The monoisotopic (exact) mass is 423 g/mol. The number of nitrogens with zero attached hydrogens (tertiary/aromatic N) is 4. The van der Waals surface area contributed by atoms with Crippen molar-refractivity contribution in [2.75, 3.05) is 13.1 Å². The van der Waals surface area contributed by atoms with E-state index in [0.29, 0.717) is 42.4 Å². The highest BCUT2D eigenvalue weighted by Crippen LogP contribution is 2.30. The van der Waals surface area contributed by atoms with Crippen LogP contribution in [0.3, 0.4) is 0 Å². The molecule has 2 aromatic heterocycles. The standard InChI is InChI=1S/C22H22FN5O3/c1-13-7-9-25-18-17(13)21(26-24)28-12-11-27(10-8-15-3-5-16(23)6-4-15)22(30)19(28)20(18)31-14(2)29/h3-7,9H,8,10-12,24H2,1-2H3/b26-21-. The summed E-state index contributed by atoms with van der Waals surface area (Å²) in [4.78, 5) is 31.3. The number of ether oxygens (including phenoxy) is 1. The Labute approximate surface area is 177 Å². The van der Waals surface area contributed by atoms with Crippen LogP contribution < -0.4 is 16.1 Å². The molecular formula is C22H22FN5O3. The minimum atomic E-state index is -0.555. The number of benzene rings is 1. The molecule has 0 bridgehead atoms. The second kappa shape index (κ2) is 8.17. The number of hydrogen-bond acceptors (Lipinski definition) is 6. The molecule has 2 N–H and O–H groups in total. The van der Waals surface area contributed by atoms with Crippen molar-refractivity contribution in [3.8, 4) is 5.75 Å². The number of amides is 1. The van der Waals surface area contributed by atoms with Crippen molar-refractivity contribution in [1.29, 1.82) is 0 Å². The Morgan fingerprint density at radius 1 is 1.26 bits per heavy atom. The third-order valence-corrected chi connectivity index (χ3v) is 5.37. The van der Waals surface area contributed by atoms with Crippen LogP contribution in [0.2, 0.25) is 0 Å². The molecule has 0 saturated heterocycles. The third kappa shape index (κ3) is 3.74. The molecule has 3 aromatic rings. The Morgan fingerprint density at radius 3 is 2.68 bits per heavy atom. The molecule has 0 radical (unpaired) electrons. The second-order valence-electron chi connectivity index (χ2n) is 7.40. The highest BCUT2D eigenvalue weighted by Gasteiger charge is 2.32. The van der Waals surface area contributed by atoms with E-state index in [-0.39, 0.29) is 23.2 Å². The van der Waals surface area contributed by atoms with Gasteiger partial charge in [-0.05, 0) is 42.7 Å². The molecular weight excluding hydrogens is 401 g/mol. The van der Waals surface area contributed by atoms with Gasteiger partial charge in [-0.15, -0.1) is 0 Å². The number of pyridine rings is 2. The van der Waals surface area contributed by atoms with Crippen molar-refractivity contribution in [1.82, 2.24) is 14.5 Å². The van der Waals surface area contributed by atoms with E-state index in [9.17, 15) is 14.0 Å². The van der Waals surface area contributed by atoms with E-state index < -0.39 is 5.97 Å². The number of aromatic nitrogens is 2. The Morgan fingerprint density at radius 2 is 2.00 bits per heavy atom. The zero-order chi connectivity index (χ0) is 22.1. The number of esters is 1. The van der Waals surface area contributed by atoms with Crippen LogP contribution in [-0.4, -0.2) is 39.4 Å². The summed E-state index contributed by atoms with van der Waals surface area (Å²) in [6, 6.07) is 7.99. The molecule has 8 nitrogen and oxygen atoms in total. The van der Waals surface area contributed by atoms with Crippen LogP contribution in [0.25, 0.3) is 10.9 Å². The molecule has 0 fully saturated rings. The Balaban J connectivity index is 1.80. The van der Waals surface area contributed by atoms with Gasteiger partial charge < -0.3 is 20.0 Å². The normalized spacial score (nSPS) is 14.1. The van der Waals surface area contributed by atoms with Gasteiger partial charge in [0.1, 0.15) is 11.3 Å². The summed E-state index contributed by atoms with van der Waals surface area (Å²) in [5.74, 6) is 4.64. The van der Waals surface area contributed by atoms with Gasteiger partial charge in [0.05, 0.1) is 5.39 Å². The number of nitrogens with two attached hydrogens (primary N) is 1. The van der Waals surface area contributed by atoms with Crippen LogP contribution in [0.4, 0.5) is 4.39 Å². The van der Waals surface area contributed by atoms with E-state index in [4.69, 9.17) is 10.6 Å². The Kier molecular flexibility index (Phi) is 5.41. The number of carbonyl (C=O) groups is 2. The van der Waals surface area contributed by atoms with Crippen LogP contribution in [0, 0.1) is 12.7 Å². The largest absolute Gasteiger partial charge is 0.422 e. The Bertz CT molecular complexity index is 1250. The van der Waals surface area contributed by atoms with Crippen molar-refractivity contribution in [2.45, 2.75) is 26.8 Å². The van der Waals surface area contributed by atoms with E-state index in [1.165, 1.54) is 19.1 Å². The highest BCUT2D eigenvalue weighted by atomic mass is 19.1. The van der Waals surface area contributed by atoms with Gasteiger partial charge in [0.15, 0.2) is 16.9 Å². The maximum atomic E-state index is 13.4. The van der Waals surface area contributed by atoms with E-state index in [2.05, 4.69) is 10.1 Å². The average molecular weight is 423 g/mol. The molecule has 4 rings (SSSR count). The fraction of sp³-hybridized carbons (Fsp3) is 0.273. The summed E-state index contributed by atoms with van der Waals surface area (Å²) < 4.78 is 20.3. The number of hydrogen-bond donors (Lipinski definition) is 1. The number of aryl methyl sites for hydroxylation is 1. The van der Waals surface area contributed by atoms with Gasteiger partial charge in [0.2, 0.25) is 0 Å². The van der Waals surface area contributed by atoms with Gasteiger partial charge >= 0.3 is 5.97 Å². The van der Waals surface area contributed by atoms with Crippen molar-refractivity contribution in [3.05, 3.63) is 64.7 Å². The topological polar surface area (TPSA) is 103 Å². The van der Waals surface area contributed by atoms with Gasteiger partial charge in [-0.1, -0.05) is 12.1 Å². The lowest BCUT2D eigenvalue weighted by atomic mass is 10.1. The van der Waals surface area contributed by atoms with Crippen molar-refractivity contribution in [3.63, 3.8) is 0 Å². The first-order valence-electron chi connectivity index (χ1n) is 9.89. The molecule has 31 heavy (non-hydrogen) atoms. The maximum Gasteiger partial charge on any atom is 0.308 e. The molecule has 1 aromatic carbocycles. The van der Waals surface area contributed by atoms with Crippen LogP contribution in [0.1, 0.15) is 28.5 Å². The second-order valence-corrected chi connectivity index (χ2v) is 7.40. The summed E-state index contributed by atoms with van der Waals surface area (Å²) in [6.45, 7) is 4.45. The maximum absolute atomic E-state index is 13.4. The predicted molar refractivity (Wildman–Crippen MR) is 112 cm³/mol. The lowest BCUT2D eigenvalue weighted by Gasteiger charge is -2.31. The zero-order valence-electron chi connectivity index (χ0n) is 17.3. The molecule has 0 spiro atoms. The fourth-order valence-corrected chi connectivity index (χ4v) is 3.89. The number of fused-ring (bicyclic) bond motifs is 2. The van der Waals surface area contributed by atoms with E-state index in [1.807, 2.05) is 6.92 Å². The van der Waals surface area contributed by atoms with Crippen molar-refractivity contribution >= 4 is 22.8 Å². The summed E-state index contributed by atoms with van der Waals surface area (Å²) in [7, 11) is 0. The van der Waals surface area contributed by atoms with E-state index in [0.717, 1.165) is 11.1 Å². The van der Waals surface area contributed by atoms with Crippen molar-refractivity contribution < 1.29 is 18.7 Å². The van der Waals surface area contributed by atoms with Gasteiger partial charge in [-0.25, -0.2) is 4.39 Å². The molecule has 3 heterocycles. The van der Waals surface area contributed by atoms with Crippen molar-refractivity contribution in [2.24, 2.45) is 10.9 Å². The fourth-order valence-electron chi connectivity index (χ4n) is 3.89. The van der Waals surface area contributed by atoms with Crippen LogP contribution in [0.15, 0.2) is 41.6 Å². The van der Waals surface area contributed by atoms with Crippen LogP contribution in [-0.2, 0) is 17.8 Å². The zero-order valence-corrected chi connectivity index (χ0v) is 17.3. The van der Waals surface area contributed by atoms with Crippen LogP contribution >= 0.6 is 0 Å². The predicted octanol–water partition coefficient (Wildman–Crippen LogP) is 1.88. The van der Waals surface area contributed by atoms with Gasteiger partial charge in [-0.2, -0.15) is 5.10 Å². The molecule has 1 aliphatic heterocycles. The first-order valence-corrected chi connectivity index (χ1v) is 9.89. The first kappa shape index (κ1) is 20.5. The molecule has 0 atom stereocenters. The minimum Gasteiger partial charge on any atom is -0.422 e. The smallest absolute Gasteiger partial charge is 0.308 e. The minimum absolute atomic E-state index is 0.107. The summed E-state index contributed by atoms with van der Waals surface area (Å²) in [5.41, 5.74) is 2.73. The quantitative estimate of drug-likeness (QED) is 0.392. The first-order chi connectivity index (χ1) is 14.9. The third-order valence-electron chi connectivity index (χ3n) is 5.37. The van der Waals surface area contributed by atoms with E-state index in [1.54, 1.807) is 33.9 Å². The Hall–Kier alpha value is -3.75. The molecule has 9 heteroatoms. The molecule has 1 amide bonds. The van der Waals surface area contributed by atoms with Crippen LogP contribution in [0.5, 0.6) is 5.75 Å². The molecule has 0 unspecified atom stereocenters. The summed E-state index contributed by atoms with van der Waals surface area (Å²) in [6.07, 6.45) is 2.15. The number of carbonyl (C=O) groups excluding carboxylic acids is 2. The number of halogens is 1. The van der Waals surface area contributed by atoms with E-state index >= 15 is 0 Å². The average Bonchev–Trinajstić information content (AvgIpc) is 2.74. The van der Waals surface area contributed by atoms with Gasteiger partial charge in [0, 0.05) is 32.8 Å². The lowest BCUT2D eigenvalue weighted by molar-refractivity contribution is -0.131. The molecule has 160 valence electrons.